The quantitative estimate of drug-likeness (QED) is 0.571. The average Bonchev–Trinajstić information content (AvgIpc) is 3.35. The fraction of sp³-hybridized carbons (Fsp3) is 0.200. The molecule has 0 bridgehead atoms. The first kappa shape index (κ1) is 17.0. The Bertz CT molecular complexity index is 1040. The highest BCUT2D eigenvalue weighted by molar-refractivity contribution is 5.91. The maximum atomic E-state index is 12.5. The molecule has 4 rings (SSSR count). The second kappa shape index (κ2) is 7.41. The number of carbonyl (C=O) groups is 1. The lowest BCUT2D eigenvalue weighted by molar-refractivity contribution is 0.0941. The van der Waals surface area contributed by atoms with Crippen molar-refractivity contribution in [3.8, 4) is 0 Å². The van der Waals surface area contributed by atoms with E-state index >= 15 is 0 Å². The van der Waals surface area contributed by atoms with Crippen LogP contribution in [0.1, 0.15) is 40.0 Å². The number of benzene rings is 1. The van der Waals surface area contributed by atoms with E-state index < -0.39 is 0 Å². The number of fused-ring (bicyclic) bond motifs is 1. The van der Waals surface area contributed by atoms with Crippen LogP contribution in [0.5, 0.6) is 0 Å². The molecule has 27 heavy (non-hydrogen) atoms. The number of hydrogen-bond acceptors (Lipinski definition) is 5. The van der Waals surface area contributed by atoms with E-state index in [0.29, 0.717) is 18.7 Å². The van der Waals surface area contributed by atoms with Crippen LogP contribution in [-0.4, -0.2) is 32.0 Å². The van der Waals surface area contributed by atoms with Crippen LogP contribution < -0.4 is 5.32 Å². The molecule has 0 aliphatic rings. The zero-order valence-electron chi connectivity index (χ0n) is 14.9. The Balaban J connectivity index is 1.46. The molecule has 136 valence electrons. The van der Waals surface area contributed by atoms with Gasteiger partial charge in [-0.25, -0.2) is 4.98 Å². The second-order valence-electron chi connectivity index (χ2n) is 6.29. The van der Waals surface area contributed by atoms with Crippen molar-refractivity contribution in [3.05, 3.63) is 83.8 Å². The van der Waals surface area contributed by atoms with E-state index in [-0.39, 0.29) is 17.6 Å². The predicted octanol–water partition coefficient (Wildman–Crippen LogP) is 2.98. The highest BCUT2D eigenvalue weighted by Gasteiger charge is 2.19. The third-order valence-electron chi connectivity index (χ3n) is 4.43. The number of furan rings is 1. The topological polar surface area (TPSA) is 85.3 Å². The normalized spacial score (nSPS) is 12.2. The van der Waals surface area contributed by atoms with Crippen molar-refractivity contribution in [2.45, 2.75) is 19.3 Å². The summed E-state index contributed by atoms with van der Waals surface area (Å²) in [7, 11) is 0. The summed E-state index contributed by atoms with van der Waals surface area (Å²) < 4.78 is 7.19. The van der Waals surface area contributed by atoms with Gasteiger partial charge in [0.2, 0.25) is 5.82 Å². The highest BCUT2D eigenvalue weighted by atomic mass is 16.3. The fourth-order valence-electron chi connectivity index (χ4n) is 3.09. The molecule has 0 saturated carbocycles. The molecule has 7 heteroatoms. The molecule has 1 aromatic carbocycles. The lowest BCUT2D eigenvalue weighted by atomic mass is 9.93. The number of aromatic nitrogens is 4. The Kier molecular flexibility index (Phi) is 4.65. The first-order valence-electron chi connectivity index (χ1n) is 8.77. The maximum absolute atomic E-state index is 12.5. The molecule has 0 saturated heterocycles. The van der Waals surface area contributed by atoms with E-state index in [0.717, 1.165) is 17.0 Å². The van der Waals surface area contributed by atoms with E-state index in [9.17, 15) is 4.79 Å². The lowest BCUT2D eigenvalue weighted by Gasteiger charge is -2.15. The van der Waals surface area contributed by atoms with E-state index in [2.05, 4.69) is 32.6 Å². The molecule has 1 amide bonds. The largest absolute Gasteiger partial charge is 0.469 e. The molecule has 0 aliphatic carbocycles. The molecule has 3 heterocycles. The van der Waals surface area contributed by atoms with Gasteiger partial charge in [-0.05, 0) is 37.1 Å². The van der Waals surface area contributed by atoms with Crippen molar-refractivity contribution in [1.82, 2.24) is 24.9 Å². The summed E-state index contributed by atoms with van der Waals surface area (Å²) in [5.74, 6) is 1.31. The van der Waals surface area contributed by atoms with Crippen LogP contribution in [0.25, 0.3) is 5.78 Å². The standard InChI is InChI=1S/C20H19N5O2/c1-14-10-12-25-18(23-24-20(25)22-14)19(26)21-11-9-16(17-8-5-13-27-17)15-6-3-2-4-7-15/h2-8,10,12-13,16H,9,11H2,1H3,(H,21,26)/t16-/m1/s1. The van der Waals surface area contributed by atoms with Crippen LogP contribution in [0.4, 0.5) is 0 Å². The summed E-state index contributed by atoms with van der Waals surface area (Å²) in [6.45, 7) is 2.35. The van der Waals surface area contributed by atoms with Gasteiger partial charge in [0.1, 0.15) is 5.76 Å². The smallest absolute Gasteiger partial charge is 0.289 e. The van der Waals surface area contributed by atoms with Crippen LogP contribution in [-0.2, 0) is 0 Å². The number of hydrogen-bond donors (Lipinski definition) is 1. The van der Waals surface area contributed by atoms with Crippen molar-refractivity contribution in [2.24, 2.45) is 0 Å². The predicted molar refractivity (Wildman–Crippen MR) is 99.5 cm³/mol. The van der Waals surface area contributed by atoms with Gasteiger partial charge in [-0.15, -0.1) is 10.2 Å². The highest BCUT2D eigenvalue weighted by Crippen LogP contribution is 2.27. The van der Waals surface area contributed by atoms with Crippen molar-refractivity contribution in [3.63, 3.8) is 0 Å². The fourth-order valence-corrected chi connectivity index (χ4v) is 3.09. The van der Waals surface area contributed by atoms with Crippen LogP contribution in [0, 0.1) is 6.92 Å². The number of rotatable bonds is 6. The molecule has 3 aromatic heterocycles. The lowest BCUT2D eigenvalue weighted by Crippen LogP contribution is -2.27. The Labute approximate surface area is 156 Å². The minimum atomic E-state index is -0.278. The molecule has 4 aromatic rings. The van der Waals surface area contributed by atoms with E-state index in [4.69, 9.17) is 4.42 Å². The summed E-state index contributed by atoms with van der Waals surface area (Å²) in [5, 5.41) is 10.8. The molecule has 0 aliphatic heterocycles. The third-order valence-corrected chi connectivity index (χ3v) is 4.43. The Hall–Kier alpha value is -3.48. The molecule has 0 spiro atoms. The van der Waals surface area contributed by atoms with Crippen LogP contribution in [0.15, 0.2) is 65.4 Å². The summed E-state index contributed by atoms with van der Waals surface area (Å²) >= 11 is 0. The summed E-state index contributed by atoms with van der Waals surface area (Å²) in [5.41, 5.74) is 1.97. The number of amides is 1. The van der Waals surface area contributed by atoms with E-state index in [1.165, 1.54) is 0 Å². The summed E-state index contributed by atoms with van der Waals surface area (Å²) in [6, 6.07) is 15.8. The first-order chi connectivity index (χ1) is 13.2. The van der Waals surface area contributed by atoms with Gasteiger partial charge in [0.05, 0.1) is 6.26 Å². The zero-order chi connectivity index (χ0) is 18.6. The van der Waals surface area contributed by atoms with Crippen molar-refractivity contribution in [1.29, 1.82) is 0 Å². The number of carbonyl (C=O) groups excluding carboxylic acids is 1. The molecule has 0 radical (unpaired) electrons. The minimum absolute atomic E-state index is 0.0703. The van der Waals surface area contributed by atoms with Crippen molar-refractivity contribution in [2.75, 3.05) is 6.54 Å². The summed E-state index contributed by atoms with van der Waals surface area (Å²) in [6.07, 6.45) is 4.13. The van der Waals surface area contributed by atoms with Gasteiger partial charge in [0.15, 0.2) is 0 Å². The maximum Gasteiger partial charge on any atom is 0.289 e. The molecule has 1 N–H and O–H groups in total. The first-order valence-corrected chi connectivity index (χ1v) is 8.77. The van der Waals surface area contributed by atoms with Gasteiger partial charge in [-0.3, -0.25) is 9.20 Å². The van der Waals surface area contributed by atoms with Crippen molar-refractivity contribution >= 4 is 11.7 Å². The monoisotopic (exact) mass is 361 g/mol. The zero-order valence-corrected chi connectivity index (χ0v) is 14.9. The van der Waals surface area contributed by atoms with Gasteiger partial charge in [-0.1, -0.05) is 30.3 Å². The molecule has 0 unspecified atom stereocenters. The van der Waals surface area contributed by atoms with E-state index in [1.807, 2.05) is 43.3 Å². The SMILES string of the molecule is Cc1ccn2c(C(=O)NCC[C@H](c3ccccc3)c3ccco3)nnc2n1. The Morgan fingerprint density at radius 1 is 1.15 bits per heavy atom. The second-order valence-corrected chi connectivity index (χ2v) is 6.29. The van der Waals surface area contributed by atoms with Gasteiger partial charge >= 0.3 is 0 Å². The number of aryl methyl sites for hydroxylation is 1. The van der Waals surface area contributed by atoms with Gasteiger partial charge < -0.3 is 9.73 Å². The van der Waals surface area contributed by atoms with Crippen LogP contribution in [0.2, 0.25) is 0 Å². The molecular formula is C20H19N5O2. The van der Waals surface area contributed by atoms with E-state index in [1.54, 1.807) is 16.9 Å². The number of nitrogens with one attached hydrogen (secondary N) is 1. The molecular weight excluding hydrogens is 342 g/mol. The van der Waals surface area contributed by atoms with Crippen LogP contribution >= 0.6 is 0 Å². The van der Waals surface area contributed by atoms with Gasteiger partial charge in [0, 0.05) is 24.4 Å². The minimum Gasteiger partial charge on any atom is -0.469 e. The van der Waals surface area contributed by atoms with Gasteiger partial charge in [0.25, 0.3) is 11.7 Å². The van der Waals surface area contributed by atoms with Crippen molar-refractivity contribution < 1.29 is 9.21 Å². The van der Waals surface area contributed by atoms with Gasteiger partial charge in [-0.2, -0.15) is 0 Å². The summed E-state index contributed by atoms with van der Waals surface area (Å²) in [4.78, 5) is 16.8. The third kappa shape index (κ3) is 3.57. The average molecular weight is 361 g/mol. The number of nitrogens with zero attached hydrogens (tertiary/aromatic N) is 4. The Morgan fingerprint density at radius 3 is 2.78 bits per heavy atom. The Morgan fingerprint density at radius 2 is 2.00 bits per heavy atom. The molecule has 1 atom stereocenters. The molecule has 0 fully saturated rings. The van der Waals surface area contributed by atoms with Crippen LogP contribution in [0.3, 0.4) is 0 Å². The molecule has 7 nitrogen and oxygen atoms in total.